The Kier molecular flexibility index (Phi) is 7.49. The SMILES string of the molecule is CCOc1cc(C2/C(=C(\O)c3cc(C)cc(C)c3OC)C(=O)C(=O)N2c2ccc(C)cc2C)ccc1OC. The molecule has 3 aromatic carbocycles. The summed E-state index contributed by atoms with van der Waals surface area (Å²) in [5.41, 5.74) is 5.06. The van der Waals surface area contributed by atoms with Gasteiger partial charge in [-0.1, -0.05) is 29.8 Å². The molecule has 1 saturated heterocycles. The molecule has 0 saturated carbocycles. The maximum atomic E-state index is 13.7. The van der Waals surface area contributed by atoms with E-state index in [0.29, 0.717) is 40.7 Å². The van der Waals surface area contributed by atoms with Crippen molar-refractivity contribution in [3.05, 3.63) is 87.5 Å². The van der Waals surface area contributed by atoms with Crippen molar-refractivity contribution in [2.75, 3.05) is 25.7 Å². The summed E-state index contributed by atoms with van der Waals surface area (Å²) < 4.78 is 16.8. The minimum Gasteiger partial charge on any atom is -0.507 e. The van der Waals surface area contributed by atoms with Gasteiger partial charge in [-0.05, 0) is 81.1 Å². The first-order chi connectivity index (χ1) is 18.1. The number of ketones is 1. The minimum atomic E-state index is -0.910. The molecule has 1 atom stereocenters. The standard InChI is InChI=1S/C31H33NO6/c1-8-38-25-16-21(10-12-24(25)36-6)27-26(28(33)22-15-18(3)14-20(5)30(22)37-7)29(34)31(35)32(27)23-11-9-17(2)13-19(23)4/h9-16,27,33H,8H2,1-7H3/b28-26+. The first-order valence-corrected chi connectivity index (χ1v) is 12.5. The Bertz CT molecular complexity index is 1450. The zero-order valence-electron chi connectivity index (χ0n) is 22.8. The van der Waals surface area contributed by atoms with E-state index in [1.54, 1.807) is 31.4 Å². The molecule has 0 radical (unpaired) electrons. The lowest BCUT2D eigenvalue weighted by Gasteiger charge is -2.27. The second kappa shape index (κ2) is 10.6. The van der Waals surface area contributed by atoms with Gasteiger partial charge < -0.3 is 19.3 Å². The van der Waals surface area contributed by atoms with Gasteiger partial charge in [0.2, 0.25) is 0 Å². The van der Waals surface area contributed by atoms with Gasteiger partial charge in [-0.25, -0.2) is 0 Å². The molecule has 198 valence electrons. The van der Waals surface area contributed by atoms with Crippen molar-refractivity contribution in [3.8, 4) is 17.2 Å². The lowest BCUT2D eigenvalue weighted by molar-refractivity contribution is -0.132. The van der Waals surface area contributed by atoms with E-state index in [-0.39, 0.29) is 11.3 Å². The molecular weight excluding hydrogens is 482 g/mol. The number of anilines is 1. The Morgan fingerprint density at radius 1 is 0.868 bits per heavy atom. The number of methoxy groups -OCH3 is 2. The van der Waals surface area contributed by atoms with Crippen LogP contribution >= 0.6 is 0 Å². The van der Waals surface area contributed by atoms with Gasteiger partial charge in [0.1, 0.15) is 11.5 Å². The minimum absolute atomic E-state index is 0.0223. The number of ether oxygens (including phenoxy) is 3. The number of aryl methyl sites for hydroxylation is 4. The molecule has 1 amide bonds. The molecule has 1 unspecified atom stereocenters. The highest BCUT2D eigenvalue weighted by Gasteiger charge is 2.48. The van der Waals surface area contributed by atoms with Gasteiger partial charge in [-0.3, -0.25) is 14.5 Å². The van der Waals surface area contributed by atoms with Crippen LogP contribution in [0, 0.1) is 27.7 Å². The van der Waals surface area contributed by atoms with Crippen molar-refractivity contribution in [2.24, 2.45) is 0 Å². The number of hydrogen-bond donors (Lipinski definition) is 1. The van der Waals surface area contributed by atoms with Crippen LogP contribution in [0.1, 0.15) is 46.3 Å². The summed E-state index contributed by atoms with van der Waals surface area (Å²) in [7, 11) is 3.06. The van der Waals surface area contributed by atoms with Crippen molar-refractivity contribution in [2.45, 2.75) is 40.7 Å². The van der Waals surface area contributed by atoms with Crippen molar-refractivity contribution in [1.82, 2.24) is 0 Å². The van der Waals surface area contributed by atoms with Gasteiger partial charge in [0.15, 0.2) is 11.5 Å². The fraction of sp³-hybridized carbons (Fsp3) is 0.290. The van der Waals surface area contributed by atoms with Crippen LogP contribution in [0.5, 0.6) is 17.2 Å². The average Bonchev–Trinajstić information content (AvgIpc) is 3.13. The Morgan fingerprint density at radius 3 is 2.21 bits per heavy atom. The summed E-state index contributed by atoms with van der Waals surface area (Å²) in [5, 5.41) is 11.7. The normalized spacial score (nSPS) is 16.6. The third-order valence-corrected chi connectivity index (χ3v) is 6.74. The van der Waals surface area contributed by atoms with E-state index >= 15 is 0 Å². The number of aliphatic hydroxyl groups is 1. The van der Waals surface area contributed by atoms with E-state index in [4.69, 9.17) is 14.2 Å². The lowest BCUT2D eigenvalue weighted by atomic mass is 9.93. The van der Waals surface area contributed by atoms with Crippen LogP contribution in [0.25, 0.3) is 5.76 Å². The van der Waals surface area contributed by atoms with Crippen LogP contribution in [0.2, 0.25) is 0 Å². The number of Topliss-reactive ketones (excluding diaryl/α,β-unsaturated/α-hetero) is 1. The fourth-order valence-electron chi connectivity index (χ4n) is 5.15. The number of hydrogen-bond acceptors (Lipinski definition) is 6. The van der Waals surface area contributed by atoms with E-state index in [9.17, 15) is 14.7 Å². The molecule has 3 aromatic rings. The molecule has 38 heavy (non-hydrogen) atoms. The highest BCUT2D eigenvalue weighted by Crippen LogP contribution is 2.46. The van der Waals surface area contributed by atoms with E-state index < -0.39 is 17.7 Å². The zero-order valence-corrected chi connectivity index (χ0v) is 22.8. The molecular formula is C31H33NO6. The summed E-state index contributed by atoms with van der Waals surface area (Å²) in [6, 6.07) is 13.7. The zero-order chi connectivity index (χ0) is 27.7. The van der Waals surface area contributed by atoms with Crippen LogP contribution in [0.4, 0.5) is 5.69 Å². The number of rotatable bonds is 7. The second-order valence-electron chi connectivity index (χ2n) is 9.46. The Labute approximate surface area is 223 Å². The largest absolute Gasteiger partial charge is 0.507 e. The van der Waals surface area contributed by atoms with E-state index in [2.05, 4.69) is 0 Å². The number of benzene rings is 3. The molecule has 0 aromatic heterocycles. The second-order valence-corrected chi connectivity index (χ2v) is 9.46. The quantitative estimate of drug-likeness (QED) is 0.237. The van der Waals surface area contributed by atoms with Gasteiger partial charge in [0.25, 0.3) is 11.7 Å². The molecule has 1 N–H and O–H groups in total. The van der Waals surface area contributed by atoms with Crippen LogP contribution in [0.15, 0.2) is 54.1 Å². The topological polar surface area (TPSA) is 85.3 Å². The predicted octanol–water partition coefficient (Wildman–Crippen LogP) is 5.96. The van der Waals surface area contributed by atoms with Crippen LogP contribution in [-0.2, 0) is 9.59 Å². The maximum Gasteiger partial charge on any atom is 0.300 e. The Balaban J connectivity index is 2.05. The van der Waals surface area contributed by atoms with Gasteiger partial charge >= 0.3 is 0 Å². The van der Waals surface area contributed by atoms with E-state index in [0.717, 1.165) is 22.3 Å². The molecule has 1 fully saturated rings. The third-order valence-electron chi connectivity index (χ3n) is 6.74. The summed E-state index contributed by atoms with van der Waals surface area (Å²) >= 11 is 0. The van der Waals surface area contributed by atoms with Crippen molar-refractivity contribution >= 4 is 23.1 Å². The summed E-state index contributed by atoms with van der Waals surface area (Å²) in [4.78, 5) is 28.8. The fourth-order valence-corrected chi connectivity index (χ4v) is 5.15. The van der Waals surface area contributed by atoms with E-state index in [1.807, 2.05) is 58.9 Å². The molecule has 1 aliphatic rings. The molecule has 0 bridgehead atoms. The molecule has 0 aliphatic carbocycles. The maximum absolute atomic E-state index is 13.7. The summed E-state index contributed by atoms with van der Waals surface area (Å²) in [5.74, 6) is -0.354. The van der Waals surface area contributed by atoms with Crippen LogP contribution < -0.4 is 19.1 Å². The van der Waals surface area contributed by atoms with Crippen molar-refractivity contribution in [3.63, 3.8) is 0 Å². The molecule has 4 rings (SSSR count). The van der Waals surface area contributed by atoms with Gasteiger partial charge in [-0.15, -0.1) is 0 Å². The molecule has 1 heterocycles. The van der Waals surface area contributed by atoms with Gasteiger partial charge in [0.05, 0.1) is 38.0 Å². The predicted molar refractivity (Wildman–Crippen MR) is 147 cm³/mol. The van der Waals surface area contributed by atoms with Crippen molar-refractivity contribution < 1.29 is 28.9 Å². The smallest absolute Gasteiger partial charge is 0.300 e. The first kappa shape index (κ1) is 26.8. The van der Waals surface area contributed by atoms with Gasteiger partial charge in [-0.2, -0.15) is 0 Å². The highest BCUT2D eigenvalue weighted by atomic mass is 16.5. The third kappa shape index (κ3) is 4.60. The highest BCUT2D eigenvalue weighted by molar-refractivity contribution is 6.51. The molecule has 7 nitrogen and oxygen atoms in total. The summed E-state index contributed by atoms with van der Waals surface area (Å²) in [6.07, 6.45) is 0. The number of amides is 1. The Morgan fingerprint density at radius 2 is 1.58 bits per heavy atom. The monoisotopic (exact) mass is 515 g/mol. The number of nitrogens with zero attached hydrogens (tertiary/aromatic N) is 1. The van der Waals surface area contributed by atoms with Crippen LogP contribution in [-0.4, -0.2) is 37.6 Å². The molecule has 7 heteroatoms. The molecule has 0 spiro atoms. The number of carbonyl (C=O) groups excluding carboxylic acids is 2. The van der Waals surface area contributed by atoms with E-state index in [1.165, 1.54) is 12.0 Å². The number of aliphatic hydroxyl groups excluding tert-OH is 1. The van der Waals surface area contributed by atoms with Crippen LogP contribution in [0.3, 0.4) is 0 Å². The molecule has 1 aliphatic heterocycles. The number of carbonyl (C=O) groups is 2. The van der Waals surface area contributed by atoms with Crippen molar-refractivity contribution in [1.29, 1.82) is 0 Å². The Hall–Kier alpha value is -4.26. The first-order valence-electron chi connectivity index (χ1n) is 12.5. The summed E-state index contributed by atoms with van der Waals surface area (Å²) in [6.45, 7) is 9.88. The average molecular weight is 516 g/mol. The van der Waals surface area contributed by atoms with Gasteiger partial charge in [0, 0.05) is 5.69 Å². The lowest BCUT2D eigenvalue weighted by Crippen LogP contribution is -2.30.